The summed E-state index contributed by atoms with van der Waals surface area (Å²) >= 11 is 3.37. The van der Waals surface area contributed by atoms with Gasteiger partial charge in [0.1, 0.15) is 5.69 Å². The first-order valence-corrected chi connectivity index (χ1v) is 6.01. The molecule has 0 spiro atoms. The van der Waals surface area contributed by atoms with E-state index in [1.54, 1.807) is 0 Å². The molecule has 0 atom stereocenters. The van der Waals surface area contributed by atoms with E-state index in [2.05, 4.69) is 25.9 Å². The number of aromatic nitrogens is 2. The molecule has 1 aliphatic carbocycles. The van der Waals surface area contributed by atoms with Gasteiger partial charge < -0.3 is 5.11 Å². The average Bonchev–Trinajstić information content (AvgIpc) is 2.65. The topological polar surface area (TPSA) is 83.0 Å². The van der Waals surface area contributed by atoms with Crippen molar-refractivity contribution in [2.45, 2.75) is 6.42 Å². The zero-order valence-electron chi connectivity index (χ0n) is 9.03. The minimum absolute atomic E-state index is 0.0719. The minimum atomic E-state index is -1.14. The summed E-state index contributed by atoms with van der Waals surface area (Å²) in [6.45, 7) is 0. The lowest BCUT2D eigenvalue weighted by Crippen LogP contribution is -2.18. The summed E-state index contributed by atoms with van der Waals surface area (Å²) in [7, 11) is 0. The van der Waals surface area contributed by atoms with Crippen LogP contribution in [0.3, 0.4) is 0 Å². The summed E-state index contributed by atoms with van der Waals surface area (Å²) in [4.78, 5) is 28.7. The first-order chi connectivity index (χ1) is 8.56. The quantitative estimate of drug-likeness (QED) is 0.718. The number of nitrogens with one attached hydrogen (secondary N) is 1. The second kappa shape index (κ2) is 3.78. The van der Waals surface area contributed by atoms with Gasteiger partial charge in [0.2, 0.25) is 0 Å². The van der Waals surface area contributed by atoms with Gasteiger partial charge in [0, 0.05) is 22.0 Å². The molecule has 90 valence electrons. The van der Waals surface area contributed by atoms with E-state index < -0.39 is 11.7 Å². The van der Waals surface area contributed by atoms with Crippen molar-refractivity contribution in [3.63, 3.8) is 0 Å². The number of aromatic amines is 1. The van der Waals surface area contributed by atoms with Crippen LogP contribution >= 0.6 is 15.9 Å². The summed E-state index contributed by atoms with van der Waals surface area (Å²) in [5.41, 5.74) is 2.11. The number of carboxylic acids is 1. The maximum atomic E-state index is 11.4. The Morgan fingerprint density at radius 3 is 2.94 bits per heavy atom. The Labute approximate surface area is 110 Å². The van der Waals surface area contributed by atoms with Gasteiger partial charge >= 0.3 is 11.7 Å². The van der Waals surface area contributed by atoms with Gasteiger partial charge in [-0.25, -0.2) is 9.59 Å². The van der Waals surface area contributed by atoms with Gasteiger partial charge in [-0.2, -0.15) is 4.98 Å². The molecule has 0 unspecified atom stereocenters. The second-order valence-electron chi connectivity index (χ2n) is 4.03. The molecule has 1 aromatic carbocycles. The van der Waals surface area contributed by atoms with Gasteiger partial charge in [-0.15, -0.1) is 0 Å². The Kier molecular flexibility index (Phi) is 2.34. The Balaban J connectivity index is 2.32. The molecule has 3 rings (SSSR count). The fraction of sp³-hybridized carbons (Fsp3) is 0.0833. The summed E-state index contributed by atoms with van der Waals surface area (Å²) in [6, 6.07) is 5.59. The van der Waals surface area contributed by atoms with Crippen molar-refractivity contribution >= 4 is 21.9 Å². The summed E-state index contributed by atoms with van der Waals surface area (Å²) in [6.07, 6.45) is 0.468. The molecule has 0 bridgehead atoms. The van der Waals surface area contributed by atoms with E-state index in [0.717, 1.165) is 15.6 Å². The normalized spacial score (nSPS) is 12.1. The lowest BCUT2D eigenvalue weighted by Gasteiger charge is -2.02. The fourth-order valence-corrected chi connectivity index (χ4v) is 2.61. The van der Waals surface area contributed by atoms with Crippen LogP contribution in [0.15, 0.2) is 27.5 Å². The number of rotatable bonds is 1. The van der Waals surface area contributed by atoms with Crippen molar-refractivity contribution in [3.8, 4) is 11.3 Å². The van der Waals surface area contributed by atoms with Gasteiger partial charge in [0.25, 0.3) is 0 Å². The average molecular weight is 307 g/mol. The summed E-state index contributed by atoms with van der Waals surface area (Å²) in [5.74, 6) is -1.14. The van der Waals surface area contributed by atoms with E-state index in [1.165, 1.54) is 0 Å². The first-order valence-electron chi connectivity index (χ1n) is 5.21. The molecule has 2 N–H and O–H groups in total. The van der Waals surface area contributed by atoms with Crippen molar-refractivity contribution in [3.05, 3.63) is 50.0 Å². The van der Waals surface area contributed by atoms with Crippen molar-refractivity contribution in [1.82, 2.24) is 9.97 Å². The summed E-state index contributed by atoms with van der Waals surface area (Å²) in [5, 5.41) is 9.10. The third kappa shape index (κ3) is 1.57. The molecule has 1 aliphatic rings. The highest BCUT2D eigenvalue weighted by molar-refractivity contribution is 9.10. The number of hydrogen-bond acceptors (Lipinski definition) is 3. The van der Waals surface area contributed by atoms with Crippen LogP contribution in [0.25, 0.3) is 11.3 Å². The Hall–Kier alpha value is -1.95. The zero-order chi connectivity index (χ0) is 12.9. The molecule has 18 heavy (non-hydrogen) atoms. The highest BCUT2D eigenvalue weighted by Gasteiger charge is 2.26. The van der Waals surface area contributed by atoms with Gasteiger partial charge in [0.05, 0.1) is 5.69 Å². The van der Waals surface area contributed by atoms with Crippen LogP contribution in [0.1, 0.15) is 21.6 Å². The lowest BCUT2D eigenvalue weighted by atomic mass is 10.1. The monoisotopic (exact) mass is 306 g/mol. The van der Waals surface area contributed by atoms with Crippen molar-refractivity contribution in [1.29, 1.82) is 0 Å². The molecule has 0 radical (unpaired) electrons. The molecule has 1 heterocycles. The highest BCUT2D eigenvalue weighted by atomic mass is 79.9. The molecule has 0 saturated heterocycles. The molecule has 1 aromatic heterocycles. The largest absolute Gasteiger partial charge is 0.477 e. The number of fused-ring (bicyclic) bond motifs is 3. The molecular weight excluding hydrogens is 300 g/mol. The zero-order valence-corrected chi connectivity index (χ0v) is 10.6. The number of H-pyrrole nitrogens is 1. The van der Waals surface area contributed by atoms with E-state index in [9.17, 15) is 9.59 Å². The molecule has 0 amide bonds. The van der Waals surface area contributed by atoms with Crippen LogP contribution in [-0.4, -0.2) is 21.0 Å². The Morgan fingerprint density at radius 2 is 2.22 bits per heavy atom. The van der Waals surface area contributed by atoms with Crippen molar-refractivity contribution in [2.24, 2.45) is 0 Å². The maximum absolute atomic E-state index is 11.4. The van der Waals surface area contributed by atoms with Crippen LogP contribution in [0.5, 0.6) is 0 Å². The third-order valence-electron chi connectivity index (χ3n) is 2.94. The first kappa shape index (κ1) is 11.2. The van der Waals surface area contributed by atoms with Crippen LogP contribution in [-0.2, 0) is 6.42 Å². The standard InChI is InChI=1S/C12H7BrN2O3/c13-6-1-2-7-5(3-6)4-8-9(7)14-12(18)15-10(8)11(16)17/h1-3H,4H2,(H,16,17)(H,14,15,18). The molecule has 6 heteroatoms. The lowest BCUT2D eigenvalue weighted by molar-refractivity contribution is 0.0689. The minimum Gasteiger partial charge on any atom is -0.477 e. The molecule has 0 aliphatic heterocycles. The van der Waals surface area contributed by atoms with Crippen molar-refractivity contribution < 1.29 is 9.90 Å². The number of carbonyl (C=O) groups is 1. The van der Waals surface area contributed by atoms with E-state index in [-0.39, 0.29) is 5.69 Å². The SMILES string of the molecule is O=C(O)c1[nH]c(=O)nc2c1Cc1cc(Br)ccc1-2. The third-order valence-corrected chi connectivity index (χ3v) is 3.43. The van der Waals surface area contributed by atoms with Crippen LogP contribution in [0.2, 0.25) is 0 Å². The molecule has 2 aromatic rings. The van der Waals surface area contributed by atoms with Crippen LogP contribution < -0.4 is 5.69 Å². The molecule has 0 fully saturated rings. The predicted molar refractivity (Wildman–Crippen MR) is 67.8 cm³/mol. The number of nitrogens with zero attached hydrogens (tertiary/aromatic N) is 1. The van der Waals surface area contributed by atoms with Gasteiger partial charge in [0.15, 0.2) is 0 Å². The van der Waals surface area contributed by atoms with Gasteiger partial charge in [-0.3, -0.25) is 4.98 Å². The van der Waals surface area contributed by atoms with E-state index in [1.807, 2.05) is 18.2 Å². The van der Waals surface area contributed by atoms with E-state index in [0.29, 0.717) is 17.7 Å². The molecule has 0 saturated carbocycles. The second-order valence-corrected chi connectivity index (χ2v) is 4.94. The summed E-state index contributed by atoms with van der Waals surface area (Å²) < 4.78 is 0.914. The van der Waals surface area contributed by atoms with Crippen LogP contribution in [0.4, 0.5) is 0 Å². The Bertz CT molecular complexity index is 737. The smallest absolute Gasteiger partial charge is 0.352 e. The Morgan fingerprint density at radius 1 is 1.44 bits per heavy atom. The van der Waals surface area contributed by atoms with E-state index in [4.69, 9.17) is 5.11 Å². The highest BCUT2D eigenvalue weighted by Crippen LogP contribution is 2.36. The van der Waals surface area contributed by atoms with Crippen molar-refractivity contribution in [2.75, 3.05) is 0 Å². The van der Waals surface area contributed by atoms with E-state index >= 15 is 0 Å². The number of hydrogen-bond donors (Lipinski definition) is 2. The molecule has 5 nitrogen and oxygen atoms in total. The number of carboxylic acid groups (broad SMARTS) is 1. The number of benzene rings is 1. The van der Waals surface area contributed by atoms with Gasteiger partial charge in [-0.1, -0.05) is 22.0 Å². The number of aromatic carboxylic acids is 1. The fourth-order valence-electron chi connectivity index (χ4n) is 2.21. The predicted octanol–water partition coefficient (Wildman–Crippen LogP) is 1.80. The van der Waals surface area contributed by atoms with Crippen LogP contribution in [0, 0.1) is 0 Å². The molecular formula is C12H7BrN2O3. The number of halogens is 1. The van der Waals surface area contributed by atoms with Gasteiger partial charge in [-0.05, 0) is 17.7 Å². The maximum Gasteiger partial charge on any atom is 0.352 e.